The molecule has 0 amide bonds. The van der Waals surface area contributed by atoms with Gasteiger partial charge in [0.05, 0.1) is 0 Å². The lowest BCUT2D eigenvalue weighted by atomic mass is 10.2. The summed E-state index contributed by atoms with van der Waals surface area (Å²) in [7, 11) is 1.64. The Hall–Kier alpha value is -1.82. The van der Waals surface area contributed by atoms with Crippen molar-refractivity contribution in [2.75, 3.05) is 0 Å². The van der Waals surface area contributed by atoms with Gasteiger partial charge < -0.3 is 5.32 Å². The summed E-state index contributed by atoms with van der Waals surface area (Å²) in [5, 5.41) is 6.85. The predicted octanol–water partition coefficient (Wildman–Crippen LogP) is 2.04. The molecule has 0 fully saturated rings. The molecule has 2 aromatic rings. The Morgan fingerprint density at radius 1 is 1.39 bits per heavy atom. The van der Waals surface area contributed by atoms with Gasteiger partial charge in [0.2, 0.25) is 0 Å². The summed E-state index contributed by atoms with van der Waals surface area (Å²) in [5.41, 5.74) is 1.38. The van der Waals surface area contributed by atoms with Crippen LogP contribution in [0.2, 0.25) is 0 Å². The fourth-order valence-corrected chi connectivity index (χ4v) is 1.72. The van der Waals surface area contributed by atoms with E-state index < -0.39 is 6.43 Å². The lowest BCUT2D eigenvalue weighted by molar-refractivity contribution is 0.144. The molecular weight excluding hydrogens is 238 g/mol. The molecule has 2 heterocycles. The van der Waals surface area contributed by atoms with Crippen LogP contribution in [0.15, 0.2) is 30.7 Å². The average Bonchev–Trinajstić information content (AvgIpc) is 2.72. The maximum absolute atomic E-state index is 12.7. The van der Waals surface area contributed by atoms with Gasteiger partial charge in [0.15, 0.2) is 0 Å². The summed E-state index contributed by atoms with van der Waals surface area (Å²) in [5.74, 6) is 0. The molecule has 1 N–H and O–H groups in total. The number of rotatable bonds is 5. The van der Waals surface area contributed by atoms with Crippen LogP contribution in [0.4, 0.5) is 8.78 Å². The van der Waals surface area contributed by atoms with Gasteiger partial charge in [-0.2, -0.15) is 5.10 Å². The highest BCUT2D eigenvalue weighted by atomic mass is 19.3. The van der Waals surface area contributed by atoms with Crippen LogP contribution in [0.3, 0.4) is 0 Å². The Balaban J connectivity index is 1.94. The van der Waals surface area contributed by atoms with E-state index in [2.05, 4.69) is 15.4 Å². The third-order valence-electron chi connectivity index (χ3n) is 2.51. The second-order valence-electron chi connectivity index (χ2n) is 3.98. The van der Waals surface area contributed by atoms with E-state index in [9.17, 15) is 8.78 Å². The first kappa shape index (κ1) is 12.6. The summed E-state index contributed by atoms with van der Waals surface area (Å²) in [4.78, 5) is 3.98. The molecule has 6 heteroatoms. The number of alkyl halides is 2. The van der Waals surface area contributed by atoms with E-state index in [1.807, 2.05) is 12.1 Å². The predicted molar refractivity (Wildman–Crippen MR) is 62.9 cm³/mol. The maximum Gasteiger partial charge on any atom is 0.282 e. The van der Waals surface area contributed by atoms with E-state index in [0.717, 1.165) is 5.56 Å². The zero-order valence-electron chi connectivity index (χ0n) is 9.98. The van der Waals surface area contributed by atoms with Crippen molar-refractivity contribution in [3.05, 3.63) is 47.5 Å². The molecule has 0 radical (unpaired) electrons. The first-order valence-electron chi connectivity index (χ1n) is 5.57. The molecule has 0 unspecified atom stereocenters. The smallest absolute Gasteiger partial charge is 0.282 e. The monoisotopic (exact) mass is 252 g/mol. The van der Waals surface area contributed by atoms with Gasteiger partial charge in [-0.25, -0.2) is 8.78 Å². The summed E-state index contributed by atoms with van der Waals surface area (Å²) < 4.78 is 26.8. The number of pyridine rings is 1. The van der Waals surface area contributed by atoms with Crippen molar-refractivity contribution in [2.45, 2.75) is 19.5 Å². The minimum absolute atomic E-state index is 0.156. The fraction of sp³-hybridized carbons (Fsp3) is 0.333. The molecule has 18 heavy (non-hydrogen) atoms. The topological polar surface area (TPSA) is 42.7 Å². The molecule has 0 aromatic carbocycles. The van der Waals surface area contributed by atoms with Gasteiger partial charge >= 0.3 is 0 Å². The Morgan fingerprint density at radius 3 is 2.89 bits per heavy atom. The normalized spacial score (nSPS) is 11.1. The van der Waals surface area contributed by atoms with Crippen LogP contribution in [0.25, 0.3) is 0 Å². The number of nitrogens with one attached hydrogen (secondary N) is 1. The van der Waals surface area contributed by atoms with E-state index in [-0.39, 0.29) is 5.69 Å². The van der Waals surface area contributed by atoms with E-state index in [4.69, 9.17) is 0 Å². The van der Waals surface area contributed by atoms with Crippen LogP contribution < -0.4 is 5.32 Å². The molecule has 0 atom stereocenters. The van der Waals surface area contributed by atoms with Gasteiger partial charge in [0.1, 0.15) is 5.69 Å². The van der Waals surface area contributed by atoms with Crippen molar-refractivity contribution >= 4 is 0 Å². The van der Waals surface area contributed by atoms with E-state index in [0.29, 0.717) is 18.7 Å². The zero-order valence-corrected chi connectivity index (χ0v) is 9.98. The summed E-state index contributed by atoms with van der Waals surface area (Å²) >= 11 is 0. The summed E-state index contributed by atoms with van der Waals surface area (Å²) in [6, 6.07) is 3.77. The Kier molecular flexibility index (Phi) is 3.99. The molecule has 0 saturated carbocycles. The Labute approximate surface area is 104 Å². The number of hydrogen-bond donors (Lipinski definition) is 1. The molecule has 4 nitrogen and oxygen atoms in total. The van der Waals surface area contributed by atoms with E-state index >= 15 is 0 Å². The van der Waals surface area contributed by atoms with Crippen molar-refractivity contribution in [3.8, 4) is 0 Å². The fourth-order valence-electron chi connectivity index (χ4n) is 1.72. The zero-order chi connectivity index (χ0) is 13.0. The van der Waals surface area contributed by atoms with Crippen LogP contribution in [-0.4, -0.2) is 14.8 Å². The first-order chi connectivity index (χ1) is 8.66. The molecular formula is C12H14F2N4. The third-order valence-corrected chi connectivity index (χ3v) is 2.51. The van der Waals surface area contributed by atoms with Gasteiger partial charge in [-0.05, 0) is 11.6 Å². The lowest BCUT2D eigenvalue weighted by Crippen LogP contribution is -2.13. The van der Waals surface area contributed by atoms with Crippen molar-refractivity contribution in [1.29, 1.82) is 0 Å². The second kappa shape index (κ2) is 5.68. The quantitative estimate of drug-likeness (QED) is 0.885. The summed E-state index contributed by atoms with van der Waals surface area (Å²) in [6.07, 6.45) is 2.50. The van der Waals surface area contributed by atoms with Crippen LogP contribution in [0.1, 0.15) is 23.2 Å². The van der Waals surface area contributed by atoms with Crippen molar-refractivity contribution in [3.63, 3.8) is 0 Å². The highest BCUT2D eigenvalue weighted by Crippen LogP contribution is 2.20. The van der Waals surface area contributed by atoms with E-state index in [1.165, 1.54) is 4.68 Å². The number of halogens is 2. The highest BCUT2D eigenvalue weighted by molar-refractivity contribution is 5.18. The minimum Gasteiger partial charge on any atom is -0.308 e. The van der Waals surface area contributed by atoms with Gasteiger partial charge in [-0.1, -0.05) is 6.07 Å². The Bertz CT molecular complexity index is 496. The average molecular weight is 252 g/mol. The van der Waals surface area contributed by atoms with E-state index in [1.54, 1.807) is 25.6 Å². The second-order valence-corrected chi connectivity index (χ2v) is 3.98. The van der Waals surface area contributed by atoms with Crippen molar-refractivity contribution in [1.82, 2.24) is 20.1 Å². The molecule has 0 aliphatic carbocycles. The van der Waals surface area contributed by atoms with Gasteiger partial charge in [-0.15, -0.1) is 0 Å². The van der Waals surface area contributed by atoms with Crippen LogP contribution >= 0.6 is 0 Å². The number of aryl methyl sites for hydroxylation is 1. The summed E-state index contributed by atoms with van der Waals surface area (Å²) in [6.45, 7) is 0.952. The molecule has 0 spiro atoms. The van der Waals surface area contributed by atoms with Gasteiger partial charge in [-0.3, -0.25) is 9.67 Å². The number of hydrogen-bond acceptors (Lipinski definition) is 3. The van der Waals surface area contributed by atoms with Crippen LogP contribution in [0, 0.1) is 0 Å². The van der Waals surface area contributed by atoms with Crippen molar-refractivity contribution < 1.29 is 8.78 Å². The number of aromatic nitrogens is 3. The molecule has 0 aliphatic heterocycles. The van der Waals surface area contributed by atoms with Crippen molar-refractivity contribution in [2.24, 2.45) is 7.05 Å². The largest absolute Gasteiger partial charge is 0.308 e. The molecule has 2 rings (SSSR count). The molecule has 0 saturated heterocycles. The third kappa shape index (κ3) is 3.10. The van der Waals surface area contributed by atoms with Crippen LogP contribution in [-0.2, 0) is 20.1 Å². The molecule has 2 aromatic heterocycles. The lowest BCUT2D eigenvalue weighted by Gasteiger charge is -2.04. The molecule has 96 valence electrons. The number of nitrogens with zero attached hydrogens (tertiary/aromatic N) is 3. The van der Waals surface area contributed by atoms with Crippen LogP contribution in [0.5, 0.6) is 0 Å². The highest BCUT2D eigenvalue weighted by Gasteiger charge is 2.16. The maximum atomic E-state index is 12.7. The minimum atomic E-state index is -2.54. The van der Waals surface area contributed by atoms with Gasteiger partial charge in [0, 0.05) is 44.3 Å². The molecule has 0 aliphatic rings. The first-order valence-corrected chi connectivity index (χ1v) is 5.57. The Morgan fingerprint density at radius 2 is 2.22 bits per heavy atom. The van der Waals surface area contributed by atoms with Gasteiger partial charge in [0.25, 0.3) is 6.43 Å². The standard InChI is InChI=1S/C12H14F2N4/c1-18-8-10(11(17-18)12(13)14)7-16-6-9-3-2-4-15-5-9/h2-5,8,12,16H,6-7H2,1H3. The SMILES string of the molecule is Cn1cc(CNCc2cccnc2)c(C(F)F)n1. The molecule has 0 bridgehead atoms.